The summed E-state index contributed by atoms with van der Waals surface area (Å²) in [4.78, 5) is 2.27. The first kappa shape index (κ1) is 20.3. The van der Waals surface area contributed by atoms with Crippen molar-refractivity contribution in [1.29, 1.82) is 5.26 Å². The molecule has 2 N–H and O–H groups in total. The smallest absolute Gasteiger partial charge is 0.360 e. The van der Waals surface area contributed by atoms with Crippen LogP contribution in [0, 0.1) is 23.0 Å². The molecule has 0 spiro atoms. The van der Waals surface area contributed by atoms with Crippen LogP contribution in [0.15, 0.2) is 53.6 Å². The lowest BCUT2D eigenvalue weighted by Gasteiger charge is -2.12. The maximum atomic E-state index is 13.9. The number of alkyl halides is 3. The first-order valence-corrected chi connectivity index (χ1v) is 9.28. The number of hydrogen-bond donors (Lipinski definition) is 2. The van der Waals surface area contributed by atoms with Gasteiger partial charge in [-0.3, -0.25) is 4.72 Å². The second kappa shape index (κ2) is 7.21. The van der Waals surface area contributed by atoms with Crippen molar-refractivity contribution in [2.45, 2.75) is 11.1 Å². The van der Waals surface area contributed by atoms with E-state index in [0.717, 1.165) is 12.3 Å². The third-order valence-electron chi connectivity index (χ3n) is 3.91. The molecule has 150 valence electrons. The van der Waals surface area contributed by atoms with Gasteiger partial charge in [-0.2, -0.15) is 18.4 Å². The SMILES string of the molecule is N#Cc1ccccc1-c1cc(S(=O)(=O)Nc2cc(F)c(C(F)(F)F)cc2F)c[nH]1. The summed E-state index contributed by atoms with van der Waals surface area (Å²) < 4.78 is 92.0. The number of hydrogen-bond acceptors (Lipinski definition) is 3. The van der Waals surface area contributed by atoms with Gasteiger partial charge >= 0.3 is 6.18 Å². The molecule has 1 aromatic heterocycles. The van der Waals surface area contributed by atoms with Crippen LogP contribution in [-0.2, 0) is 16.2 Å². The third-order valence-corrected chi connectivity index (χ3v) is 5.26. The van der Waals surface area contributed by atoms with Crippen LogP contribution in [0.25, 0.3) is 11.3 Å². The Balaban J connectivity index is 1.95. The number of nitriles is 1. The van der Waals surface area contributed by atoms with Crippen LogP contribution in [0.2, 0.25) is 0 Å². The quantitative estimate of drug-likeness (QED) is 0.595. The average Bonchev–Trinajstić information content (AvgIpc) is 3.14. The number of aromatic nitrogens is 1. The molecule has 0 aliphatic heterocycles. The van der Waals surface area contributed by atoms with E-state index in [9.17, 15) is 30.4 Å². The Labute approximate surface area is 161 Å². The summed E-state index contributed by atoms with van der Waals surface area (Å²) in [7, 11) is -4.46. The van der Waals surface area contributed by atoms with E-state index < -0.39 is 39.1 Å². The number of rotatable bonds is 4. The molecule has 3 aromatic rings. The molecular weight excluding hydrogens is 417 g/mol. The molecule has 0 amide bonds. The fourth-order valence-corrected chi connectivity index (χ4v) is 3.60. The zero-order valence-corrected chi connectivity index (χ0v) is 15.0. The van der Waals surface area contributed by atoms with Crippen LogP contribution < -0.4 is 4.72 Å². The van der Waals surface area contributed by atoms with Gasteiger partial charge in [-0.15, -0.1) is 0 Å². The Hall–Kier alpha value is -3.39. The topological polar surface area (TPSA) is 85.8 Å². The maximum Gasteiger partial charge on any atom is 0.419 e. The van der Waals surface area contributed by atoms with Crippen LogP contribution in [0.3, 0.4) is 0 Å². The zero-order valence-electron chi connectivity index (χ0n) is 14.2. The van der Waals surface area contributed by atoms with Crippen molar-refractivity contribution in [3.8, 4) is 17.3 Å². The van der Waals surface area contributed by atoms with Crippen molar-refractivity contribution in [3.63, 3.8) is 0 Å². The van der Waals surface area contributed by atoms with Crippen molar-refractivity contribution in [2.24, 2.45) is 0 Å². The Kier molecular flexibility index (Phi) is 5.06. The largest absolute Gasteiger partial charge is 0.419 e. The minimum absolute atomic E-state index is 0.119. The lowest BCUT2D eigenvalue weighted by atomic mass is 10.1. The molecule has 0 fully saturated rings. The molecule has 29 heavy (non-hydrogen) atoms. The molecule has 2 aromatic carbocycles. The molecule has 1 heterocycles. The van der Waals surface area contributed by atoms with E-state index in [1.165, 1.54) is 6.07 Å². The molecule has 0 atom stereocenters. The van der Waals surface area contributed by atoms with Crippen molar-refractivity contribution >= 4 is 15.7 Å². The van der Waals surface area contributed by atoms with Gasteiger partial charge in [-0.25, -0.2) is 17.2 Å². The predicted octanol–water partition coefficient (Wildman–Crippen LogP) is 4.65. The van der Waals surface area contributed by atoms with Crippen LogP contribution in [0.4, 0.5) is 27.6 Å². The summed E-state index contributed by atoms with van der Waals surface area (Å²) >= 11 is 0. The van der Waals surface area contributed by atoms with Crippen LogP contribution in [0.5, 0.6) is 0 Å². The second-order valence-electron chi connectivity index (χ2n) is 5.82. The summed E-state index contributed by atoms with van der Waals surface area (Å²) in [6.45, 7) is 0. The highest BCUT2D eigenvalue weighted by molar-refractivity contribution is 7.92. The van der Waals surface area contributed by atoms with Crippen molar-refractivity contribution in [1.82, 2.24) is 4.98 Å². The fraction of sp³-hybridized carbons (Fsp3) is 0.0556. The number of nitrogens with zero attached hydrogens (tertiary/aromatic N) is 1. The van der Waals surface area contributed by atoms with Gasteiger partial charge in [0, 0.05) is 23.5 Å². The molecular formula is C18H10F5N3O2S. The Morgan fingerprint density at radius 2 is 1.72 bits per heavy atom. The standard InChI is InChI=1S/C18H10F5N3O2S/c19-14-7-17(15(20)6-13(14)18(21,22)23)26-29(27,28)11-5-16(25-9-11)12-4-2-1-3-10(12)8-24/h1-7,9,25-26H. The van der Waals surface area contributed by atoms with Crippen LogP contribution >= 0.6 is 0 Å². The van der Waals surface area contributed by atoms with Gasteiger partial charge in [0.1, 0.15) is 16.5 Å². The third kappa shape index (κ3) is 4.07. The van der Waals surface area contributed by atoms with E-state index in [0.29, 0.717) is 5.56 Å². The number of benzene rings is 2. The van der Waals surface area contributed by atoms with E-state index in [4.69, 9.17) is 5.26 Å². The van der Waals surface area contributed by atoms with Gasteiger partial charge in [-0.1, -0.05) is 18.2 Å². The molecule has 0 aliphatic carbocycles. The highest BCUT2D eigenvalue weighted by Gasteiger charge is 2.35. The van der Waals surface area contributed by atoms with Gasteiger partial charge in [0.25, 0.3) is 10.0 Å². The number of sulfonamides is 1. The Morgan fingerprint density at radius 3 is 2.38 bits per heavy atom. The average molecular weight is 427 g/mol. The number of anilines is 1. The first-order valence-electron chi connectivity index (χ1n) is 7.80. The number of H-pyrrole nitrogens is 1. The molecule has 0 bridgehead atoms. The molecule has 0 saturated carbocycles. The summed E-state index contributed by atoms with van der Waals surface area (Å²) in [5.41, 5.74) is -1.89. The minimum atomic E-state index is -5.13. The van der Waals surface area contributed by atoms with E-state index in [1.807, 2.05) is 6.07 Å². The fourth-order valence-electron chi connectivity index (χ4n) is 2.55. The molecule has 3 rings (SSSR count). The van der Waals surface area contributed by atoms with Crippen LogP contribution in [0.1, 0.15) is 11.1 Å². The summed E-state index contributed by atoms with van der Waals surface area (Å²) in [5, 5.41) is 9.13. The minimum Gasteiger partial charge on any atom is -0.360 e. The molecule has 0 unspecified atom stereocenters. The van der Waals surface area contributed by atoms with Crippen molar-refractivity contribution < 1.29 is 30.4 Å². The lowest BCUT2D eigenvalue weighted by molar-refractivity contribution is -0.140. The Morgan fingerprint density at radius 1 is 1.03 bits per heavy atom. The van der Waals surface area contributed by atoms with Crippen LogP contribution in [-0.4, -0.2) is 13.4 Å². The summed E-state index contributed by atoms with van der Waals surface area (Å²) in [5.74, 6) is -3.41. The van der Waals surface area contributed by atoms with Crippen molar-refractivity contribution in [3.05, 3.63) is 71.4 Å². The van der Waals surface area contributed by atoms with Crippen molar-refractivity contribution in [2.75, 3.05) is 4.72 Å². The van der Waals surface area contributed by atoms with Gasteiger partial charge in [0.15, 0.2) is 0 Å². The second-order valence-corrected chi connectivity index (χ2v) is 7.50. The maximum absolute atomic E-state index is 13.9. The monoisotopic (exact) mass is 427 g/mol. The summed E-state index contributed by atoms with van der Waals surface area (Å²) in [6, 6.07) is 9.42. The Bertz CT molecular complexity index is 1230. The van der Waals surface area contributed by atoms with Gasteiger partial charge < -0.3 is 4.98 Å². The predicted molar refractivity (Wildman–Crippen MR) is 93.1 cm³/mol. The molecule has 0 saturated heterocycles. The van der Waals surface area contributed by atoms with E-state index >= 15 is 0 Å². The van der Waals surface area contributed by atoms with Gasteiger partial charge in [0.05, 0.1) is 22.9 Å². The van der Waals surface area contributed by atoms with E-state index in [2.05, 4.69) is 4.98 Å². The zero-order chi connectivity index (χ0) is 21.4. The summed E-state index contributed by atoms with van der Waals surface area (Å²) in [6.07, 6.45) is -4.09. The highest BCUT2D eigenvalue weighted by Crippen LogP contribution is 2.34. The van der Waals surface area contributed by atoms with Gasteiger partial charge in [0.2, 0.25) is 0 Å². The van der Waals surface area contributed by atoms with E-state index in [1.54, 1.807) is 22.9 Å². The first-order chi connectivity index (χ1) is 13.5. The number of halogens is 5. The van der Waals surface area contributed by atoms with Gasteiger partial charge in [-0.05, 0) is 18.2 Å². The lowest BCUT2D eigenvalue weighted by Crippen LogP contribution is -2.15. The van der Waals surface area contributed by atoms with E-state index in [-0.39, 0.29) is 28.3 Å². The molecule has 0 aliphatic rings. The molecule has 11 heteroatoms. The number of aromatic amines is 1. The molecule has 0 radical (unpaired) electrons. The number of nitrogens with one attached hydrogen (secondary N) is 2. The molecule has 5 nitrogen and oxygen atoms in total. The highest BCUT2D eigenvalue weighted by atomic mass is 32.2. The normalized spacial score (nSPS) is 11.9.